The monoisotopic (exact) mass is 541 g/mol. The summed E-state index contributed by atoms with van der Waals surface area (Å²) < 4.78 is 57.9. The summed E-state index contributed by atoms with van der Waals surface area (Å²) in [6.07, 6.45) is 0.675. The van der Waals surface area contributed by atoms with E-state index in [0.717, 1.165) is 30.0 Å². The van der Waals surface area contributed by atoms with E-state index in [2.05, 4.69) is 0 Å². The Labute approximate surface area is 224 Å². The highest BCUT2D eigenvalue weighted by Gasteiger charge is 2.44. The Hall–Kier alpha value is -3.56. The van der Waals surface area contributed by atoms with Crippen LogP contribution in [-0.2, 0) is 12.7 Å². The van der Waals surface area contributed by atoms with E-state index in [4.69, 9.17) is 5.10 Å². The molecule has 3 aliphatic rings. The first-order valence-corrected chi connectivity index (χ1v) is 13.5. The molecule has 1 atom stereocenters. The van der Waals surface area contributed by atoms with Crippen molar-refractivity contribution in [1.29, 1.82) is 0 Å². The molecule has 1 unspecified atom stereocenters. The van der Waals surface area contributed by atoms with Gasteiger partial charge in [-0.2, -0.15) is 18.3 Å². The molecule has 10 heteroatoms. The van der Waals surface area contributed by atoms with E-state index in [9.17, 15) is 22.4 Å². The first-order chi connectivity index (χ1) is 18.6. The Kier molecular flexibility index (Phi) is 6.31. The standard InChI is InChI=1S/C29H31F4N5O/c1-18-6-5-9-25(30)26(18)35-14-12-22(13-15-35)38-19(2)23-17-37(21-10-11-21)34-27(23)36(28(38)39)16-20-7-3-4-8-24(20)29(31,32)33/h3-9,17,19,21-22H,10-16H2,1-2H3. The van der Waals surface area contributed by atoms with Crippen LogP contribution in [0, 0.1) is 12.7 Å². The Morgan fingerprint density at radius 2 is 1.69 bits per heavy atom. The lowest BCUT2D eigenvalue weighted by Crippen LogP contribution is -2.55. The van der Waals surface area contributed by atoms with Crippen LogP contribution in [0.3, 0.4) is 0 Å². The van der Waals surface area contributed by atoms with Crippen LogP contribution in [0.25, 0.3) is 0 Å². The first kappa shape index (κ1) is 25.7. The second-order valence-electron chi connectivity index (χ2n) is 10.8. The van der Waals surface area contributed by atoms with Crippen molar-refractivity contribution >= 4 is 17.5 Å². The number of nitrogens with zero attached hydrogens (tertiary/aromatic N) is 5. The van der Waals surface area contributed by atoms with Gasteiger partial charge in [0, 0.05) is 30.9 Å². The number of hydrogen-bond donors (Lipinski definition) is 0. The molecule has 3 aromatic rings. The Balaban J connectivity index is 1.31. The fourth-order valence-electron chi connectivity index (χ4n) is 6.08. The normalized spacial score (nSPS) is 20.5. The molecule has 0 N–H and O–H groups in total. The number of amides is 2. The summed E-state index contributed by atoms with van der Waals surface area (Å²) in [5, 5.41) is 4.70. The lowest BCUT2D eigenvalue weighted by atomic mass is 9.96. The number of aromatic nitrogens is 2. The molecule has 6 rings (SSSR count). The van der Waals surface area contributed by atoms with Crippen molar-refractivity contribution in [2.75, 3.05) is 22.9 Å². The van der Waals surface area contributed by atoms with Gasteiger partial charge in [0.15, 0.2) is 5.82 Å². The number of carbonyl (C=O) groups is 1. The van der Waals surface area contributed by atoms with E-state index in [1.54, 1.807) is 12.1 Å². The van der Waals surface area contributed by atoms with Crippen LogP contribution in [-0.4, -0.2) is 39.8 Å². The predicted octanol–water partition coefficient (Wildman–Crippen LogP) is 6.86. The zero-order valence-electron chi connectivity index (χ0n) is 22.0. The first-order valence-electron chi connectivity index (χ1n) is 13.5. The van der Waals surface area contributed by atoms with E-state index in [0.29, 0.717) is 37.4 Å². The largest absolute Gasteiger partial charge is 0.416 e. The number of rotatable bonds is 5. The summed E-state index contributed by atoms with van der Waals surface area (Å²) >= 11 is 0. The highest BCUT2D eigenvalue weighted by atomic mass is 19.4. The zero-order valence-corrected chi connectivity index (χ0v) is 22.0. The Morgan fingerprint density at radius 1 is 0.974 bits per heavy atom. The third-order valence-electron chi connectivity index (χ3n) is 8.25. The van der Waals surface area contributed by atoms with E-state index in [1.165, 1.54) is 23.1 Å². The number of para-hydroxylation sites is 1. The number of benzene rings is 2. The third kappa shape index (κ3) is 4.63. The number of urea groups is 1. The van der Waals surface area contributed by atoms with Crippen molar-refractivity contribution in [3.63, 3.8) is 0 Å². The van der Waals surface area contributed by atoms with Crippen LogP contribution in [0.1, 0.15) is 66.9 Å². The SMILES string of the molecule is Cc1cccc(F)c1N1CCC(N2C(=O)N(Cc3ccccc3C(F)(F)F)c3nn(C4CC4)cc3C2C)CC1. The number of alkyl halides is 3. The Morgan fingerprint density at radius 3 is 2.36 bits per heavy atom. The maximum Gasteiger partial charge on any atom is 0.416 e. The van der Waals surface area contributed by atoms with E-state index in [-0.39, 0.29) is 42.1 Å². The quantitative estimate of drug-likeness (QED) is 0.332. The fraction of sp³-hybridized carbons (Fsp3) is 0.448. The smallest absolute Gasteiger partial charge is 0.369 e. The van der Waals surface area contributed by atoms with Crippen LogP contribution in [0.15, 0.2) is 48.7 Å². The van der Waals surface area contributed by atoms with Gasteiger partial charge in [0.05, 0.1) is 29.9 Å². The highest BCUT2D eigenvalue weighted by molar-refractivity contribution is 5.94. The fourth-order valence-corrected chi connectivity index (χ4v) is 6.08. The van der Waals surface area contributed by atoms with Crippen LogP contribution in [0.2, 0.25) is 0 Å². The predicted molar refractivity (Wildman–Crippen MR) is 140 cm³/mol. The zero-order chi connectivity index (χ0) is 27.5. The van der Waals surface area contributed by atoms with Crippen molar-refractivity contribution in [3.8, 4) is 0 Å². The summed E-state index contributed by atoms with van der Waals surface area (Å²) in [5.74, 6) is 0.176. The van der Waals surface area contributed by atoms with Gasteiger partial charge >= 0.3 is 12.2 Å². The molecule has 206 valence electrons. The van der Waals surface area contributed by atoms with Gasteiger partial charge in [-0.1, -0.05) is 30.3 Å². The second-order valence-corrected chi connectivity index (χ2v) is 10.8. The molecule has 1 saturated heterocycles. The number of halogens is 4. The molecule has 1 aliphatic carbocycles. The van der Waals surface area contributed by atoms with E-state index in [1.807, 2.05) is 40.6 Å². The lowest BCUT2D eigenvalue weighted by molar-refractivity contribution is -0.138. The number of carbonyl (C=O) groups excluding carboxylic acids is 1. The molecule has 39 heavy (non-hydrogen) atoms. The minimum Gasteiger partial charge on any atom is -0.369 e. The summed E-state index contributed by atoms with van der Waals surface area (Å²) in [6.45, 7) is 4.78. The molecule has 6 nitrogen and oxygen atoms in total. The van der Waals surface area contributed by atoms with Crippen LogP contribution in [0.4, 0.5) is 33.9 Å². The summed E-state index contributed by atoms with van der Waals surface area (Å²) in [4.78, 5) is 19.3. The van der Waals surface area contributed by atoms with Crippen molar-refractivity contribution in [2.45, 2.75) is 70.4 Å². The molecular formula is C29H31F4N5O. The average molecular weight is 542 g/mol. The number of piperidine rings is 1. The molecule has 2 aliphatic heterocycles. The molecule has 0 radical (unpaired) electrons. The molecule has 2 aromatic carbocycles. The van der Waals surface area contributed by atoms with Crippen molar-refractivity contribution in [1.82, 2.24) is 14.7 Å². The van der Waals surface area contributed by atoms with Gasteiger partial charge in [0.1, 0.15) is 5.82 Å². The number of aryl methyl sites for hydroxylation is 1. The lowest BCUT2D eigenvalue weighted by Gasteiger charge is -2.46. The van der Waals surface area contributed by atoms with Gasteiger partial charge in [-0.25, -0.2) is 9.18 Å². The van der Waals surface area contributed by atoms with E-state index >= 15 is 0 Å². The number of fused-ring (bicyclic) bond motifs is 1. The molecule has 0 bridgehead atoms. The molecule has 2 fully saturated rings. The van der Waals surface area contributed by atoms with E-state index < -0.39 is 11.7 Å². The number of hydrogen-bond acceptors (Lipinski definition) is 3. The molecule has 1 aromatic heterocycles. The number of anilines is 2. The van der Waals surface area contributed by atoms with Crippen molar-refractivity contribution < 1.29 is 22.4 Å². The maximum atomic E-state index is 14.6. The van der Waals surface area contributed by atoms with Gasteiger partial charge in [0.2, 0.25) is 0 Å². The molecule has 0 spiro atoms. The maximum absolute atomic E-state index is 14.6. The minimum atomic E-state index is -4.53. The molecular weight excluding hydrogens is 510 g/mol. The summed E-state index contributed by atoms with van der Waals surface area (Å²) in [6, 6.07) is 9.95. The molecule has 2 amide bonds. The van der Waals surface area contributed by atoms with Gasteiger partial charge in [-0.3, -0.25) is 9.58 Å². The topological polar surface area (TPSA) is 44.6 Å². The Bertz CT molecular complexity index is 1370. The van der Waals surface area contributed by atoms with Gasteiger partial charge in [-0.05, 0) is 62.8 Å². The minimum absolute atomic E-state index is 0.0321. The highest BCUT2D eigenvalue weighted by Crippen LogP contribution is 2.44. The van der Waals surface area contributed by atoms with Gasteiger partial charge in [-0.15, -0.1) is 0 Å². The molecule has 1 saturated carbocycles. The second kappa shape index (κ2) is 9.57. The third-order valence-corrected chi connectivity index (χ3v) is 8.25. The van der Waals surface area contributed by atoms with Gasteiger partial charge in [0.25, 0.3) is 0 Å². The van der Waals surface area contributed by atoms with Crippen molar-refractivity contribution in [2.24, 2.45) is 0 Å². The van der Waals surface area contributed by atoms with Crippen LogP contribution < -0.4 is 9.80 Å². The average Bonchev–Trinajstić information content (AvgIpc) is 3.65. The van der Waals surface area contributed by atoms with Crippen molar-refractivity contribution in [3.05, 3.63) is 76.7 Å². The van der Waals surface area contributed by atoms with Crippen LogP contribution in [0.5, 0.6) is 0 Å². The van der Waals surface area contributed by atoms with Gasteiger partial charge < -0.3 is 9.80 Å². The molecule has 3 heterocycles. The van der Waals surface area contributed by atoms with Crippen LogP contribution >= 0.6 is 0 Å². The summed E-state index contributed by atoms with van der Waals surface area (Å²) in [5.41, 5.74) is 1.58. The summed E-state index contributed by atoms with van der Waals surface area (Å²) in [7, 11) is 0.